The molecule has 1 unspecified atom stereocenters. The first kappa shape index (κ1) is 18.5. The number of carbonyl (C=O) groups is 4. The fraction of sp³-hybridized carbons (Fsp3) is 0.350. The Labute approximate surface area is 171 Å². The number of carbonyl (C=O) groups excluding carboxylic acids is 4. The van der Waals surface area contributed by atoms with Crippen LogP contribution in [0.1, 0.15) is 50.7 Å². The monoisotopic (exact) mass is 409 g/mol. The van der Waals surface area contributed by atoms with Crippen molar-refractivity contribution in [3.05, 3.63) is 46.8 Å². The van der Waals surface area contributed by atoms with Crippen molar-refractivity contribution in [2.75, 3.05) is 18.4 Å². The van der Waals surface area contributed by atoms with Gasteiger partial charge in [-0.1, -0.05) is 12.1 Å². The van der Waals surface area contributed by atoms with Crippen molar-refractivity contribution in [3.63, 3.8) is 0 Å². The van der Waals surface area contributed by atoms with E-state index in [0.717, 1.165) is 23.7 Å². The van der Waals surface area contributed by atoms with Gasteiger partial charge >= 0.3 is 0 Å². The number of rotatable bonds is 5. The van der Waals surface area contributed by atoms with E-state index in [9.17, 15) is 19.2 Å². The van der Waals surface area contributed by atoms with Crippen molar-refractivity contribution in [2.45, 2.75) is 31.3 Å². The average Bonchev–Trinajstić information content (AvgIpc) is 3.23. The van der Waals surface area contributed by atoms with Crippen molar-refractivity contribution in [1.29, 1.82) is 0 Å². The van der Waals surface area contributed by atoms with Gasteiger partial charge < -0.3 is 15.1 Å². The Bertz CT molecular complexity index is 1070. The fourth-order valence-corrected chi connectivity index (χ4v) is 3.96. The summed E-state index contributed by atoms with van der Waals surface area (Å²) in [6.45, 7) is 1.96. The van der Waals surface area contributed by atoms with Crippen LogP contribution in [0.3, 0.4) is 0 Å². The first-order valence-corrected chi connectivity index (χ1v) is 9.76. The lowest BCUT2D eigenvalue weighted by atomic mass is 10.0. The minimum Gasteiger partial charge on any atom is -0.432 e. The predicted molar refractivity (Wildman–Crippen MR) is 103 cm³/mol. The van der Waals surface area contributed by atoms with Gasteiger partial charge in [0.15, 0.2) is 0 Å². The van der Waals surface area contributed by atoms with E-state index in [1.54, 1.807) is 24.5 Å². The van der Waals surface area contributed by atoms with Crippen molar-refractivity contribution in [1.82, 2.24) is 20.5 Å². The van der Waals surface area contributed by atoms with Gasteiger partial charge in [0.1, 0.15) is 12.3 Å². The van der Waals surface area contributed by atoms with Crippen LogP contribution in [-0.2, 0) is 16.1 Å². The lowest BCUT2D eigenvalue weighted by Gasteiger charge is -2.27. The van der Waals surface area contributed by atoms with Crippen LogP contribution in [0, 0.1) is 0 Å². The van der Waals surface area contributed by atoms with Crippen molar-refractivity contribution >= 4 is 29.6 Å². The molecule has 0 saturated carbocycles. The summed E-state index contributed by atoms with van der Waals surface area (Å²) in [4.78, 5) is 54.9. The van der Waals surface area contributed by atoms with Crippen LogP contribution in [0.15, 0.2) is 28.9 Å². The number of benzene rings is 1. The first-order chi connectivity index (χ1) is 14.5. The molecule has 1 atom stereocenters. The van der Waals surface area contributed by atoms with Gasteiger partial charge in [0.05, 0.1) is 16.8 Å². The van der Waals surface area contributed by atoms with E-state index < -0.39 is 29.7 Å². The molecule has 0 bridgehead atoms. The summed E-state index contributed by atoms with van der Waals surface area (Å²) in [6.07, 6.45) is 1.82. The number of fused-ring (bicyclic) bond motifs is 1. The lowest BCUT2D eigenvalue weighted by Crippen LogP contribution is -2.54. The summed E-state index contributed by atoms with van der Waals surface area (Å²) in [5.74, 6) is -1.75. The zero-order valence-electron chi connectivity index (χ0n) is 15.9. The van der Waals surface area contributed by atoms with Crippen molar-refractivity contribution in [2.24, 2.45) is 0 Å². The number of nitrogens with one attached hydrogen (secondary N) is 3. The zero-order valence-corrected chi connectivity index (χ0v) is 15.9. The second kappa shape index (κ2) is 7.06. The molecule has 3 aliphatic rings. The molecule has 10 nitrogen and oxygen atoms in total. The van der Waals surface area contributed by atoms with Gasteiger partial charge in [-0.15, -0.1) is 0 Å². The third kappa shape index (κ3) is 2.96. The van der Waals surface area contributed by atoms with Gasteiger partial charge in [-0.3, -0.25) is 29.4 Å². The number of oxazole rings is 1. The molecule has 3 aliphatic heterocycles. The smallest absolute Gasteiger partial charge is 0.295 e. The minimum absolute atomic E-state index is 0.0846. The molecular formula is C20H19N5O5. The molecule has 0 spiro atoms. The van der Waals surface area contributed by atoms with Gasteiger partial charge in [-0.2, -0.15) is 4.98 Å². The number of nitrogens with zero attached hydrogens (tertiary/aromatic N) is 2. The average molecular weight is 409 g/mol. The van der Waals surface area contributed by atoms with Gasteiger partial charge in [-0.25, -0.2) is 0 Å². The number of aromatic nitrogens is 1. The summed E-state index contributed by atoms with van der Waals surface area (Å²) in [6, 6.07) is 4.35. The maximum atomic E-state index is 13.1. The van der Waals surface area contributed by atoms with Crippen LogP contribution < -0.4 is 16.0 Å². The summed E-state index contributed by atoms with van der Waals surface area (Å²) < 4.78 is 5.45. The van der Waals surface area contributed by atoms with E-state index in [1.807, 2.05) is 0 Å². The summed E-state index contributed by atoms with van der Waals surface area (Å²) >= 11 is 0. The molecular weight excluding hydrogens is 390 g/mol. The third-order valence-electron chi connectivity index (χ3n) is 5.71. The number of imide groups is 2. The quantitative estimate of drug-likeness (QED) is 0.604. The number of anilines is 1. The highest BCUT2D eigenvalue weighted by molar-refractivity contribution is 6.24. The summed E-state index contributed by atoms with van der Waals surface area (Å²) in [7, 11) is 0. The van der Waals surface area contributed by atoms with E-state index in [2.05, 4.69) is 20.9 Å². The van der Waals surface area contributed by atoms with Crippen LogP contribution in [-0.4, -0.2) is 52.6 Å². The standard InChI is InChI=1S/C20H19N5O5/c26-15-5-4-14(17(27)24-15)25-18(28)12-3-1-2-10(16(12)19(25)29)8-22-20-23-13(9-30-20)11-6-21-7-11/h1-3,9,11,14,21H,4-8H2,(H,22,23)(H,24,26,27). The van der Waals surface area contributed by atoms with E-state index >= 15 is 0 Å². The Morgan fingerprint density at radius 3 is 2.73 bits per heavy atom. The topological polar surface area (TPSA) is 134 Å². The first-order valence-electron chi connectivity index (χ1n) is 9.76. The molecule has 1 aromatic carbocycles. The summed E-state index contributed by atoms with van der Waals surface area (Å²) in [5, 5.41) is 8.43. The lowest BCUT2D eigenvalue weighted by molar-refractivity contribution is -0.136. The highest BCUT2D eigenvalue weighted by Crippen LogP contribution is 2.30. The summed E-state index contributed by atoms with van der Waals surface area (Å²) in [5.41, 5.74) is 1.97. The van der Waals surface area contributed by atoms with Gasteiger partial charge in [-0.05, 0) is 18.1 Å². The van der Waals surface area contributed by atoms with Crippen LogP contribution in [0.4, 0.5) is 6.01 Å². The Balaban J connectivity index is 1.36. The van der Waals surface area contributed by atoms with E-state index in [-0.39, 0.29) is 30.5 Å². The fourth-order valence-electron chi connectivity index (χ4n) is 3.96. The molecule has 4 amide bonds. The predicted octanol–water partition coefficient (Wildman–Crippen LogP) is 0.375. The molecule has 4 heterocycles. The molecule has 2 saturated heterocycles. The highest BCUT2D eigenvalue weighted by Gasteiger charge is 2.45. The molecule has 10 heteroatoms. The van der Waals surface area contributed by atoms with Gasteiger partial charge in [0.2, 0.25) is 11.8 Å². The Morgan fingerprint density at radius 2 is 2.00 bits per heavy atom. The number of amides is 4. The highest BCUT2D eigenvalue weighted by atomic mass is 16.4. The minimum atomic E-state index is -0.985. The normalized spacial score (nSPS) is 21.5. The SMILES string of the molecule is O=C1CCC(N2C(=O)c3cccc(CNc4nc(C5CNC5)co4)c3C2=O)C(=O)N1. The Kier molecular flexibility index (Phi) is 4.35. The molecule has 1 aromatic heterocycles. The molecule has 0 radical (unpaired) electrons. The molecule has 5 rings (SSSR count). The van der Waals surface area contributed by atoms with Crippen LogP contribution in [0.5, 0.6) is 0 Å². The third-order valence-corrected chi connectivity index (χ3v) is 5.71. The second-order valence-corrected chi connectivity index (χ2v) is 7.57. The zero-order chi connectivity index (χ0) is 20.8. The van der Waals surface area contributed by atoms with Gasteiger partial charge in [0.25, 0.3) is 17.8 Å². The van der Waals surface area contributed by atoms with Crippen LogP contribution in [0.2, 0.25) is 0 Å². The van der Waals surface area contributed by atoms with Crippen molar-refractivity contribution in [3.8, 4) is 0 Å². The molecule has 2 aromatic rings. The number of hydrogen-bond donors (Lipinski definition) is 3. The van der Waals surface area contributed by atoms with Crippen molar-refractivity contribution < 1.29 is 23.6 Å². The largest absolute Gasteiger partial charge is 0.432 e. The molecule has 2 fully saturated rings. The maximum Gasteiger partial charge on any atom is 0.295 e. The maximum absolute atomic E-state index is 13.1. The Morgan fingerprint density at radius 1 is 1.17 bits per heavy atom. The van der Waals surface area contributed by atoms with E-state index in [0.29, 0.717) is 17.5 Å². The van der Waals surface area contributed by atoms with E-state index in [4.69, 9.17) is 4.42 Å². The van der Waals surface area contributed by atoms with Crippen LogP contribution in [0.25, 0.3) is 0 Å². The Hall–Kier alpha value is -3.53. The molecule has 30 heavy (non-hydrogen) atoms. The van der Waals surface area contributed by atoms with Gasteiger partial charge in [0, 0.05) is 32.0 Å². The molecule has 3 N–H and O–H groups in total. The molecule has 154 valence electrons. The van der Waals surface area contributed by atoms with E-state index in [1.165, 1.54) is 0 Å². The number of hydrogen-bond acceptors (Lipinski definition) is 8. The number of piperidine rings is 1. The molecule has 0 aliphatic carbocycles. The second-order valence-electron chi connectivity index (χ2n) is 7.57. The van der Waals surface area contributed by atoms with Crippen LogP contribution >= 0.6 is 0 Å².